The van der Waals surface area contributed by atoms with Gasteiger partial charge in [-0.05, 0) is 12.0 Å². The fourth-order valence-corrected chi connectivity index (χ4v) is 4.83. The number of hydrogen-bond donors (Lipinski definition) is 7. The molecule has 42 heavy (non-hydrogen) atoms. The lowest BCUT2D eigenvalue weighted by Gasteiger charge is -2.42. The van der Waals surface area contributed by atoms with Gasteiger partial charge in [-0.2, -0.15) is 4.57 Å². The van der Waals surface area contributed by atoms with E-state index in [1.165, 1.54) is 41.3 Å². The maximum Gasteiger partial charge on any atom is 0.373 e. The maximum absolute atomic E-state index is 12.1. The highest BCUT2D eigenvalue weighted by Crippen LogP contribution is 2.36. The van der Waals surface area contributed by atoms with Crippen LogP contribution in [0.4, 0.5) is 0 Å². The van der Waals surface area contributed by atoms with E-state index < -0.39 is 79.4 Å². The molecule has 7 N–H and O–H groups in total. The summed E-state index contributed by atoms with van der Waals surface area (Å²) < 4.78 is 17.8. The molecule has 1 aromatic rings. The summed E-state index contributed by atoms with van der Waals surface area (Å²) in [4.78, 5) is 35.8. The quantitative estimate of drug-likeness (QED) is 0.124. The summed E-state index contributed by atoms with van der Waals surface area (Å²) >= 11 is 0. The zero-order chi connectivity index (χ0) is 31.3. The second-order valence-corrected chi connectivity index (χ2v) is 10.5. The number of carbonyl (C=O) groups is 3. The van der Waals surface area contributed by atoms with E-state index in [-0.39, 0.29) is 29.0 Å². The minimum atomic E-state index is -1.74. The number of aliphatic hydroxyl groups is 4. The highest BCUT2D eigenvalue weighted by molar-refractivity contribution is 5.88. The fourth-order valence-electron chi connectivity index (χ4n) is 4.83. The zero-order valence-electron chi connectivity index (χ0n) is 23.0. The summed E-state index contributed by atoms with van der Waals surface area (Å²) in [6.07, 6.45) is -1.15. The Hall–Kier alpha value is -3.66. The summed E-state index contributed by atoms with van der Waals surface area (Å²) in [7, 11) is 0. The second-order valence-electron chi connectivity index (χ2n) is 10.5. The van der Waals surface area contributed by atoms with Crippen molar-refractivity contribution in [1.29, 1.82) is 0 Å². The van der Waals surface area contributed by atoms with Crippen molar-refractivity contribution < 1.29 is 68.9 Å². The first kappa shape index (κ1) is 32.8. The fraction of sp³-hybridized carbons (Fsp3) is 0.500. The molecule has 0 bridgehead atoms. The number of aromatic carboxylic acids is 1. The molecule has 9 atom stereocenters. The highest BCUT2D eigenvalue weighted by atomic mass is 16.8. The van der Waals surface area contributed by atoms with Gasteiger partial charge in [-0.15, -0.1) is 6.58 Å². The number of aliphatic hydroxyl groups excluding tert-OH is 4. The van der Waals surface area contributed by atoms with Crippen molar-refractivity contribution in [2.75, 3.05) is 6.61 Å². The maximum atomic E-state index is 12.1. The Balaban J connectivity index is 1.97. The standard InChI is InChI=1S/C28H35NO13/c1-4-16-17(6-5-14-8-15(24(34)35)10-29(9-14)19(26(38)39)7-13(2)3)18(25(36)37)12-40-27(16)42-28-23(33)22(32)21(31)20(11-30)41-28/h4-6,8-10,12-13,16-17,19-23,27-28,30-33H,1,7,11H2,2-3H3,(H2-,34,35,36,37,38,39)/p+1/b6-5+/t16-,17+,19+,20-,21-,22+,23-,27+,28+/m1/s1. The molecule has 0 saturated carbocycles. The summed E-state index contributed by atoms with van der Waals surface area (Å²) in [6.45, 7) is 6.71. The Morgan fingerprint density at radius 3 is 2.29 bits per heavy atom. The summed E-state index contributed by atoms with van der Waals surface area (Å²) in [5, 5.41) is 69.1. The Labute approximate surface area is 241 Å². The number of hydrogen-bond acceptors (Lipinski definition) is 10. The van der Waals surface area contributed by atoms with Gasteiger partial charge >= 0.3 is 17.9 Å². The molecule has 14 heteroatoms. The van der Waals surface area contributed by atoms with Crippen LogP contribution in [0.15, 0.2) is 49.0 Å². The molecule has 14 nitrogen and oxygen atoms in total. The lowest BCUT2D eigenvalue weighted by molar-refractivity contribution is -0.712. The van der Waals surface area contributed by atoms with Crippen LogP contribution in [0.2, 0.25) is 0 Å². The van der Waals surface area contributed by atoms with Gasteiger partial charge in [-0.3, -0.25) is 0 Å². The van der Waals surface area contributed by atoms with Crippen molar-refractivity contribution in [3.63, 3.8) is 0 Å². The Kier molecular flexibility index (Phi) is 11.0. The van der Waals surface area contributed by atoms with Crippen molar-refractivity contribution in [1.82, 2.24) is 0 Å². The second kappa shape index (κ2) is 14.0. The molecule has 3 heterocycles. The summed E-state index contributed by atoms with van der Waals surface area (Å²) in [6, 6.07) is 0.254. The lowest BCUT2D eigenvalue weighted by Crippen LogP contribution is -2.60. The number of carboxylic acid groups (broad SMARTS) is 3. The first-order chi connectivity index (χ1) is 19.8. The van der Waals surface area contributed by atoms with Crippen LogP contribution in [0, 0.1) is 17.8 Å². The van der Waals surface area contributed by atoms with E-state index in [1.807, 2.05) is 13.8 Å². The first-order valence-electron chi connectivity index (χ1n) is 13.2. The van der Waals surface area contributed by atoms with Gasteiger partial charge in [0.25, 0.3) is 6.04 Å². The molecule has 1 aromatic heterocycles. The molecule has 0 aliphatic carbocycles. The zero-order valence-corrected chi connectivity index (χ0v) is 23.0. The largest absolute Gasteiger partial charge is 0.478 e. The van der Waals surface area contributed by atoms with Gasteiger partial charge in [-0.1, -0.05) is 32.1 Å². The number of carboxylic acids is 3. The summed E-state index contributed by atoms with van der Waals surface area (Å²) in [5.74, 6) is -5.68. The third kappa shape index (κ3) is 7.40. The van der Waals surface area contributed by atoms with E-state index in [4.69, 9.17) is 14.2 Å². The predicted molar refractivity (Wildman–Crippen MR) is 141 cm³/mol. The average molecular weight is 595 g/mol. The van der Waals surface area contributed by atoms with Gasteiger partial charge in [0.1, 0.15) is 30.0 Å². The van der Waals surface area contributed by atoms with Gasteiger partial charge in [0.05, 0.1) is 24.4 Å². The number of ether oxygens (including phenoxy) is 3. The van der Waals surface area contributed by atoms with Crippen LogP contribution in [0.1, 0.15) is 42.2 Å². The Morgan fingerprint density at radius 2 is 1.74 bits per heavy atom. The molecule has 1 fully saturated rings. The minimum Gasteiger partial charge on any atom is -0.478 e. The Bertz CT molecular complexity index is 1230. The monoisotopic (exact) mass is 594 g/mol. The number of pyridine rings is 1. The highest BCUT2D eigenvalue weighted by Gasteiger charge is 2.47. The van der Waals surface area contributed by atoms with Gasteiger partial charge in [0.15, 0.2) is 18.7 Å². The van der Waals surface area contributed by atoms with Crippen molar-refractivity contribution in [2.45, 2.75) is 63.3 Å². The van der Waals surface area contributed by atoms with Crippen LogP contribution in [-0.4, -0.2) is 97.3 Å². The normalized spacial score (nSPS) is 30.4. The molecule has 2 aliphatic heterocycles. The number of allylic oxidation sites excluding steroid dienone is 1. The van der Waals surface area contributed by atoms with Crippen LogP contribution in [0.5, 0.6) is 0 Å². The third-order valence-electron chi connectivity index (χ3n) is 7.04. The number of rotatable bonds is 12. The molecular formula is C28H36NO13+. The number of aromatic nitrogens is 1. The topological polar surface area (TPSA) is 224 Å². The van der Waals surface area contributed by atoms with Gasteiger partial charge < -0.3 is 50.0 Å². The van der Waals surface area contributed by atoms with Crippen molar-refractivity contribution in [3.8, 4) is 0 Å². The molecule has 0 spiro atoms. The Morgan fingerprint density at radius 1 is 1.05 bits per heavy atom. The third-order valence-corrected chi connectivity index (χ3v) is 7.04. The van der Waals surface area contributed by atoms with Gasteiger partial charge in [0.2, 0.25) is 6.29 Å². The van der Waals surface area contributed by atoms with E-state index >= 15 is 0 Å². The van der Waals surface area contributed by atoms with Crippen molar-refractivity contribution in [2.24, 2.45) is 17.8 Å². The molecule has 3 rings (SSSR count). The van der Waals surface area contributed by atoms with E-state index in [9.17, 15) is 50.1 Å². The van der Waals surface area contributed by atoms with Crippen LogP contribution in [0.3, 0.4) is 0 Å². The summed E-state index contributed by atoms with van der Waals surface area (Å²) in [5.41, 5.74) is -0.122. The van der Waals surface area contributed by atoms with Crippen molar-refractivity contribution in [3.05, 3.63) is 60.2 Å². The molecule has 0 unspecified atom stereocenters. The van der Waals surface area contributed by atoms with E-state index in [0.717, 1.165) is 6.26 Å². The number of nitrogens with zero attached hydrogens (tertiary/aromatic N) is 1. The number of aliphatic carboxylic acids is 2. The average Bonchev–Trinajstić information content (AvgIpc) is 2.94. The molecule has 0 radical (unpaired) electrons. The van der Waals surface area contributed by atoms with Gasteiger partial charge in [0, 0.05) is 17.9 Å². The minimum absolute atomic E-state index is 0.00874. The van der Waals surface area contributed by atoms with E-state index in [0.29, 0.717) is 0 Å². The van der Waals surface area contributed by atoms with Gasteiger partial charge in [-0.25, -0.2) is 14.4 Å². The van der Waals surface area contributed by atoms with Crippen LogP contribution < -0.4 is 4.57 Å². The molecule has 0 amide bonds. The molecule has 230 valence electrons. The van der Waals surface area contributed by atoms with Crippen LogP contribution in [0.25, 0.3) is 6.08 Å². The SMILES string of the molecule is C=C[C@H]1[C@H](O[C@@H]2O[C@H](CO)[C@@H](O)[C@H](O)[C@H]2O)OC=C(C(=O)O)[C@H]1/C=C/c1cc(C(=O)O)c[n+]([C@@H](CC(C)C)C(=O)O)c1. The van der Waals surface area contributed by atoms with Crippen LogP contribution >= 0.6 is 0 Å². The van der Waals surface area contributed by atoms with E-state index in [2.05, 4.69) is 6.58 Å². The lowest BCUT2D eigenvalue weighted by atomic mass is 9.83. The predicted octanol–water partition coefficient (Wildman–Crippen LogP) is -0.0830. The molecular weight excluding hydrogens is 558 g/mol. The molecule has 1 saturated heterocycles. The van der Waals surface area contributed by atoms with Crippen LogP contribution in [-0.2, 0) is 23.8 Å². The van der Waals surface area contributed by atoms with E-state index in [1.54, 1.807) is 0 Å². The van der Waals surface area contributed by atoms with Crippen molar-refractivity contribution >= 4 is 24.0 Å². The molecule has 0 aromatic carbocycles. The molecule has 2 aliphatic rings. The first-order valence-corrected chi connectivity index (χ1v) is 13.2. The smallest absolute Gasteiger partial charge is 0.373 e.